The molecule has 18 heavy (non-hydrogen) atoms. The molecule has 0 aliphatic carbocycles. The van der Waals surface area contributed by atoms with Gasteiger partial charge in [0.05, 0.1) is 26.5 Å². The van der Waals surface area contributed by atoms with Crippen LogP contribution < -0.4 is 5.73 Å². The number of hydrogen-bond donors (Lipinski definition) is 1. The van der Waals surface area contributed by atoms with Gasteiger partial charge in [-0.05, 0) is 24.3 Å². The zero-order valence-electron chi connectivity index (χ0n) is 9.40. The van der Waals surface area contributed by atoms with Gasteiger partial charge in [-0.1, -0.05) is 29.8 Å². The van der Waals surface area contributed by atoms with E-state index in [1.54, 1.807) is 30.3 Å². The molecule has 0 aromatic heterocycles. The van der Waals surface area contributed by atoms with Crippen molar-refractivity contribution >= 4 is 28.1 Å². The van der Waals surface area contributed by atoms with Crippen molar-refractivity contribution < 1.29 is 8.60 Å². The molecular weight excluding hydrogens is 273 g/mol. The predicted molar refractivity (Wildman–Crippen MR) is 72.4 cm³/mol. The molecule has 2 rings (SSSR count). The Labute approximate surface area is 112 Å². The Morgan fingerprint density at radius 2 is 1.89 bits per heavy atom. The van der Waals surface area contributed by atoms with Gasteiger partial charge in [0.2, 0.25) is 0 Å². The summed E-state index contributed by atoms with van der Waals surface area (Å²) in [6, 6.07) is 11.2. The van der Waals surface area contributed by atoms with E-state index in [9.17, 15) is 8.60 Å². The normalized spacial score (nSPS) is 12.3. The molecular formula is C13H11ClFNOS. The van der Waals surface area contributed by atoms with Crippen molar-refractivity contribution in [3.05, 3.63) is 58.9 Å². The lowest BCUT2D eigenvalue weighted by Crippen LogP contribution is -2.03. The molecule has 94 valence electrons. The van der Waals surface area contributed by atoms with Crippen LogP contribution in [0.1, 0.15) is 5.56 Å². The van der Waals surface area contributed by atoms with E-state index in [1.807, 2.05) is 0 Å². The maximum atomic E-state index is 13.6. The number of halogens is 2. The minimum atomic E-state index is -1.42. The fraction of sp³-hybridized carbons (Fsp3) is 0.0769. The Morgan fingerprint density at radius 3 is 2.56 bits per heavy atom. The molecule has 0 bridgehead atoms. The van der Waals surface area contributed by atoms with Crippen LogP contribution in [0.2, 0.25) is 5.02 Å². The number of rotatable bonds is 3. The third-order valence-electron chi connectivity index (χ3n) is 2.51. The smallest absolute Gasteiger partial charge is 0.129 e. The highest BCUT2D eigenvalue weighted by molar-refractivity contribution is 7.84. The van der Waals surface area contributed by atoms with Crippen molar-refractivity contribution in [2.75, 3.05) is 5.73 Å². The zero-order chi connectivity index (χ0) is 13.1. The van der Waals surface area contributed by atoms with E-state index < -0.39 is 16.6 Å². The highest BCUT2D eigenvalue weighted by Gasteiger charge is 2.13. The Balaban J connectivity index is 2.30. The fourth-order valence-corrected chi connectivity index (χ4v) is 3.20. The van der Waals surface area contributed by atoms with Gasteiger partial charge in [-0.15, -0.1) is 0 Å². The molecule has 0 saturated carbocycles. The predicted octanol–water partition coefficient (Wildman–Crippen LogP) is 3.37. The van der Waals surface area contributed by atoms with Crippen LogP contribution in [0.5, 0.6) is 0 Å². The summed E-state index contributed by atoms with van der Waals surface area (Å²) in [5.74, 6) is -0.433. The summed E-state index contributed by atoms with van der Waals surface area (Å²) in [4.78, 5) is 0.488. The Bertz CT molecular complexity index is 583. The van der Waals surface area contributed by atoms with Crippen LogP contribution in [-0.4, -0.2) is 4.21 Å². The maximum absolute atomic E-state index is 13.6. The van der Waals surface area contributed by atoms with Gasteiger partial charge < -0.3 is 5.73 Å². The monoisotopic (exact) mass is 283 g/mol. The average Bonchev–Trinajstić information content (AvgIpc) is 2.34. The molecule has 2 aromatic carbocycles. The quantitative estimate of drug-likeness (QED) is 0.878. The summed E-state index contributed by atoms with van der Waals surface area (Å²) in [5.41, 5.74) is 6.24. The number of nitrogen functional groups attached to an aromatic ring is 1. The molecule has 0 aliphatic heterocycles. The second kappa shape index (κ2) is 5.50. The van der Waals surface area contributed by atoms with Crippen LogP contribution in [-0.2, 0) is 16.6 Å². The fourth-order valence-electron chi connectivity index (χ4n) is 1.57. The molecule has 0 amide bonds. The van der Waals surface area contributed by atoms with Crippen molar-refractivity contribution in [1.29, 1.82) is 0 Å². The first-order valence-electron chi connectivity index (χ1n) is 5.25. The third-order valence-corrected chi connectivity index (χ3v) is 4.35. The van der Waals surface area contributed by atoms with E-state index in [4.69, 9.17) is 17.3 Å². The molecule has 1 atom stereocenters. The van der Waals surface area contributed by atoms with Gasteiger partial charge in [-0.25, -0.2) is 4.39 Å². The van der Waals surface area contributed by atoms with Gasteiger partial charge in [-0.2, -0.15) is 0 Å². The van der Waals surface area contributed by atoms with Crippen molar-refractivity contribution in [3.8, 4) is 0 Å². The molecule has 1 unspecified atom stereocenters. The maximum Gasteiger partial charge on any atom is 0.129 e. The lowest BCUT2D eigenvalue weighted by Gasteiger charge is -2.08. The van der Waals surface area contributed by atoms with E-state index in [1.165, 1.54) is 12.1 Å². The van der Waals surface area contributed by atoms with Crippen LogP contribution in [0, 0.1) is 5.82 Å². The van der Waals surface area contributed by atoms with Gasteiger partial charge >= 0.3 is 0 Å². The summed E-state index contributed by atoms with van der Waals surface area (Å²) in [6.45, 7) is 0. The van der Waals surface area contributed by atoms with Crippen LogP contribution in [0.25, 0.3) is 0 Å². The van der Waals surface area contributed by atoms with Crippen molar-refractivity contribution in [1.82, 2.24) is 0 Å². The molecule has 0 radical (unpaired) electrons. The minimum absolute atomic E-state index is 0.0161. The van der Waals surface area contributed by atoms with Gasteiger partial charge in [-0.3, -0.25) is 4.21 Å². The van der Waals surface area contributed by atoms with Crippen LogP contribution in [0.4, 0.5) is 10.1 Å². The van der Waals surface area contributed by atoms with Crippen LogP contribution >= 0.6 is 11.6 Å². The van der Waals surface area contributed by atoms with Crippen molar-refractivity contribution in [2.24, 2.45) is 0 Å². The standard InChI is InChI=1S/C13H11ClFNOS/c14-10-4-1-2-7-13(10)18(17)8-9-11(15)5-3-6-12(9)16/h1-7H,8,16H2. The molecule has 2 aromatic rings. The molecule has 0 spiro atoms. The van der Waals surface area contributed by atoms with Crippen molar-refractivity contribution in [3.63, 3.8) is 0 Å². The number of benzene rings is 2. The largest absolute Gasteiger partial charge is 0.398 e. The summed E-state index contributed by atoms with van der Waals surface area (Å²) >= 11 is 5.95. The summed E-state index contributed by atoms with van der Waals surface area (Å²) in [5, 5.41) is 0.408. The molecule has 2 N–H and O–H groups in total. The number of nitrogens with two attached hydrogens (primary N) is 1. The third kappa shape index (κ3) is 2.71. The molecule has 0 fully saturated rings. The van der Waals surface area contributed by atoms with Gasteiger partial charge in [0.25, 0.3) is 0 Å². The minimum Gasteiger partial charge on any atom is -0.398 e. The molecule has 5 heteroatoms. The Morgan fingerprint density at radius 1 is 1.17 bits per heavy atom. The first kappa shape index (κ1) is 13.1. The highest BCUT2D eigenvalue weighted by Crippen LogP contribution is 2.24. The summed E-state index contributed by atoms with van der Waals surface area (Å²) in [6.07, 6.45) is 0. The van der Waals surface area contributed by atoms with Gasteiger partial charge in [0.1, 0.15) is 5.82 Å². The van der Waals surface area contributed by atoms with Crippen molar-refractivity contribution in [2.45, 2.75) is 10.6 Å². The van der Waals surface area contributed by atoms with Crippen LogP contribution in [0.15, 0.2) is 47.4 Å². The number of anilines is 1. The van der Waals surface area contributed by atoms with E-state index in [0.717, 1.165) is 0 Å². The highest BCUT2D eigenvalue weighted by atomic mass is 35.5. The van der Waals surface area contributed by atoms with Gasteiger partial charge in [0, 0.05) is 11.3 Å². The van der Waals surface area contributed by atoms with E-state index >= 15 is 0 Å². The van der Waals surface area contributed by atoms with Crippen LogP contribution in [0.3, 0.4) is 0 Å². The number of hydrogen-bond acceptors (Lipinski definition) is 2. The average molecular weight is 284 g/mol. The first-order valence-corrected chi connectivity index (χ1v) is 6.95. The lowest BCUT2D eigenvalue weighted by molar-refractivity contribution is 0.616. The van der Waals surface area contributed by atoms with E-state index in [2.05, 4.69) is 0 Å². The molecule has 0 heterocycles. The second-order valence-electron chi connectivity index (χ2n) is 3.73. The SMILES string of the molecule is Nc1cccc(F)c1CS(=O)c1ccccc1Cl. The van der Waals surface area contributed by atoms with Gasteiger partial charge in [0.15, 0.2) is 0 Å². The molecule has 0 saturated heterocycles. The lowest BCUT2D eigenvalue weighted by atomic mass is 10.2. The topological polar surface area (TPSA) is 43.1 Å². The van der Waals surface area contributed by atoms with E-state index in [0.29, 0.717) is 15.6 Å². The summed E-state index contributed by atoms with van der Waals surface area (Å²) in [7, 11) is -1.42. The first-order chi connectivity index (χ1) is 8.59. The molecule has 0 aliphatic rings. The summed E-state index contributed by atoms with van der Waals surface area (Å²) < 4.78 is 25.7. The Kier molecular flexibility index (Phi) is 3.99. The molecule has 2 nitrogen and oxygen atoms in total. The zero-order valence-corrected chi connectivity index (χ0v) is 11.0. The second-order valence-corrected chi connectivity index (χ2v) is 5.55. The van der Waals surface area contributed by atoms with E-state index in [-0.39, 0.29) is 11.3 Å². The Hall–Kier alpha value is -1.39.